The summed E-state index contributed by atoms with van der Waals surface area (Å²) >= 11 is 13.4. The fraction of sp³-hybridized carbons (Fsp3) is 0.167. The number of rotatable bonds is 4. The third-order valence-corrected chi connectivity index (χ3v) is 5.81. The Balaban J connectivity index is 1.72. The largest absolute Gasteiger partial charge is 0.352 e. The number of hydrogen-bond donors (Lipinski definition) is 1. The summed E-state index contributed by atoms with van der Waals surface area (Å²) < 4.78 is 0.772. The van der Waals surface area contributed by atoms with Crippen molar-refractivity contribution in [2.24, 2.45) is 0 Å². The Hall–Kier alpha value is -2.02. The van der Waals surface area contributed by atoms with Gasteiger partial charge in [-0.25, -0.2) is 0 Å². The molecular formula is C18H15ClN4S2. The van der Waals surface area contributed by atoms with Crippen LogP contribution in [0.2, 0.25) is 4.34 Å². The lowest BCUT2D eigenvalue weighted by Gasteiger charge is -2.26. The zero-order chi connectivity index (χ0) is 17.2. The van der Waals surface area contributed by atoms with E-state index >= 15 is 0 Å². The Labute approximate surface area is 160 Å². The quantitative estimate of drug-likeness (QED) is 0.674. The van der Waals surface area contributed by atoms with Gasteiger partial charge in [0.1, 0.15) is 0 Å². The van der Waals surface area contributed by atoms with Crippen LogP contribution in [0.15, 0.2) is 61.1 Å². The minimum Gasteiger partial charge on any atom is -0.352 e. The number of halogens is 1. The Morgan fingerprint density at radius 2 is 2.08 bits per heavy atom. The van der Waals surface area contributed by atoms with Crippen molar-refractivity contribution in [3.63, 3.8) is 0 Å². The second-order valence-corrected chi connectivity index (χ2v) is 7.89. The summed E-state index contributed by atoms with van der Waals surface area (Å²) in [7, 11) is 0. The minimum atomic E-state index is -0.0138. The predicted molar refractivity (Wildman–Crippen MR) is 105 cm³/mol. The summed E-state index contributed by atoms with van der Waals surface area (Å²) in [6, 6.07) is 14.0. The van der Waals surface area contributed by atoms with Crippen molar-refractivity contribution < 1.29 is 0 Å². The average Bonchev–Trinajstić information content (AvgIpc) is 3.20. The van der Waals surface area contributed by atoms with Crippen LogP contribution in [0.3, 0.4) is 0 Å². The highest BCUT2D eigenvalue weighted by molar-refractivity contribution is 7.80. The first-order valence-electron chi connectivity index (χ1n) is 7.84. The van der Waals surface area contributed by atoms with Gasteiger partial charge in [0.05, 0.1) is 22.1 Å². The lowest BCUT2D eigenvalue weighted by Crippen LogP contribution is -2.28. The van der Waals surface area contributed by atoms with Crippen LogP contribution in [0.25, 0.3) is 0 Å². The number of thiophene rings is 1. The average molecular weight is 387 g/mol. The van der Waals surface area contributed by atoms with E-state index in [0.717, 1.165) is 20.5 Å². The zero-order valence-electron chi connectivity index (χ0n) is 13.2. The Kier molecular flexibility index (Phi) is 4.65. The summed E-state index contributed by atoms with van der Waals surface area (Å²) in [5.41, 5.74) is 2.08. The Morgan fingerprint density at radius 1 is 1.16 bits per heavy atom. The van der Waals surface area contributed by atoms with Crippen molar-refractivity contribution in [1.29, 1.82) is 0 Å². The maximum Gasteiger partial charge on any atom is 0.170 e. The van der Waals surface area contributed by atoms with Crippen molar-refractivity contribution in [2.45, 2.75) is 18.6 Å². The van der Waals surface area contributed by atoms with Gasteiger partial charge in [0, 0.05) is 30.0 Å². The second-order valence-electron chi connectivity index (χ2n) is 5.76. The van der Waals surface area contributed by atoms with Crippen LogP contribution in [-0.2, 0) is 6.54 Å². The normalized spacial score (nSPS) is 19.9. The molecule has 1 aliphatic rings. The van der Waals surface area contributed by atoms with E-state index in [1.54, 1.807) is 17.5 Å². The molecule has 0 bridgehead atoms. The van der Waals surface area contributed by atoms with Crippen molar-refractivity contribution >= 4 is 40.3 Å². The topological polar surface area (TPSA) is 41.1 Å². The van der Waals surface area contributed by atoms with E-state index in [1.165, 1.54) is 0 Å². The van der Waals surface area contributed by atoms with Gasteiger partial charge in [-0.2, -0.15) is 0 Å². The first kappa shape index (κ1) is 16.4. The molecule has 1 N–H and O–H groups in total. The maximum absolute atomic E-state index is 6.20. The highest BCUT2D eigenvalue weighted by Crippen LogP contribution is 2.42. The number of aromatic nitrogens is 2. The van der Waals surface area contributed by atoms with E-state index in [1.807, 2.05) is 42.7 Å². The molecule has 4 nitrogen and oxygen atoms in total. The molecule has 1 saturated heterocycles. The van der Waals surface area contributed by atoms with Crippen molar-refractivity contribution in [2.75, 3.05) is 0 Å². The van der Waals surface area contributed by atoms with Crippen LogP contribution in [0.4, 0.5) is 0 Å². The lowest BCUT2D eigenvalue weighted by atomic mass is 10.0. The molecular weight excluding hydrogens is 372 g/mol. The standard InChI is InChI=1S/C18H15ClN4S2/c19-15-7-6-14(25-15)17-16(13-5-1-2-9-21-13)22-18(24)23(17)11-12-4-3-8-20-10-12/h1-10,16-17H,11H2,(H,22,24)/t16-,17+/m1/s1. The third kappa shape index (κ3) is 3.38. The van der Waals surface area contributed by atoms with Gasteiger partial charge < -0.3 is 10.2 Å². The van der Waals surface area contributed by atoms with Crippen LogP contribution in [0.5, 0.6) is 0 Å². The molecule has 1 fully saturated rings. The molecule has 3 aromatic rings. The zero-order valence-corrected chi connectivity index (χ0v) is 15.6. The van der Waals surface area contributed by atoms with E-state index in [-0.39, 0.29) is 12.1 Å². The first-order chi connectivity index (χ1) is 12.2. The molecule has 25 heavy (non-hydrogen) atoms. The number of nitrogens with zero attached hydrogens (tertiary/aromatic N) is 3. The first-order valence-corrected chi connectivity index (χ1v) is 9.45. The molecule has 0 aromatic carbocycles. The van der Waals surface area contributed by atoms with Gasteiger partial charge in [0.2, 0.25) is 0 Å². The van der Waals surface area contributed by atoms with E-state index in [2.05, 4.69) is 32.3 Å². The number of hydrogen-bond acceptors (Lipinski definition) is 4. The van der Waals surface area contributed by atoms with Gasteiger partial charge in [0.15, 0.2) is 5.11 Å². The molecule has 2 atom stereocenters. The van der Waals surface area contributed by atoms with E-state index in [0.29, 0.717) is 11.7 Å². The van der Waals surface area contributed by atoms with Gasteiger partial charge in [0.25, 0.3) is 0 Å². The summed E-state index contributed by atoms with van der Waals surface area (Å²) in [6.07, 6.45) is 5.45. The molecule has 0 unspecified atom stereocenters. The van der Waals surface area contributed by atoms with E-state index < -0.39 is 0 Å². The van der Waals surface area contributed by atoms with Crippen LogP contribution >= 0.6 is 35.2 Å². The monoisotopic (exact) mass is 386 g/mol. The SMILES string of the molecule is S=C1N[C@H](c2ccccn2)[C@H](c2ccc(Cl)s2)N1Cc1cccnc1. The van der Waals surface area contributed by atoms with Gasteiger partial charge in [-0.15, -0.1) is 11.3 Å². The molecule has 0 saturated carbocycles. The predicted octanol–water partition coefficient (Wildman–Crippen LogP) is 4.36. The molecule has 0 spiro atoms. The fourth-order valence-corrected chi connectivity index (χ4v) is 4.58. The number of pyridine rings is 2. The van der Waals surface area contributed by atoms with Gasteiger partial charge in [-0.05, 0) is 48.1 Å². The Morgan fingerprint density at radius 3 is 2.76 bits per heavy atom. The third-order valence-electron chi connectivity index (χ3n) is 4.16. The smallest absolute Gasteiger partial charge is 0.170 e. The second kappa shape index (κ2) is 7.07. The van der Waals surface area contributed by atoms with Crippen molar-refractivity contribution in [1.82, 2.24) is 20.2 Å². The summed E-state index contributed by atoms with van der Waals surface area (Å²) in [4.78, 5) is 12.1. The molecule has 7 heteroatoms. The highest BCUT2D eigenvalue weighted by atomic mass is 35.5. The maximum atomic E-state index is 6.20. The van der Waals surface area contributed by atoms with Gasteiger partial charge in [-0.3, -0.25) is 9.97 Å². The molecule has 4 rings (SSSR count). The number of thiocarbonyl (C=S) groups is 1. The van der Waals surface area contributed by atoms with Gasteiger partial charge >= 0.3 is 0 Å². The van der Waals surface area contributed by atoms with E-state index in [9.17, 15) is 0 Å². The fourth-order valence-electron chi connectivity index (χ4n) is 3.06. The molecule has 0 radical (unpaired) electrons. The molecule has 1 aliphatic heterocycles. The van der Waals surface area contributed by atoms with Crippen LogP contribution in [0, 0.1) is 0 Å². The van der Waals surface area contributed by atoms with Gasteiger partial charge in [-0.1, -0.05) is 23.7 Å². The van der Waals surface area contributed by atoms with Crippen LogP contribution in [-0.4, -0.2) is 20.0 Å². The summed E-state index contributed by atoms with van der Waals surface area (Å²) in [5.74, 6) is 0. The lowest BCUT2D eigenvalue weighted by molar-refractivity contribution is 0.315. The molecule has 0 amide bonds. The van der Waals surface area contributed by atoms with E-state index in [4.69, 9.17) is 23.8 Å². The van der Waals surface area contributed by atoms with Crippen LogP contribution < -0.4 is 5.32 Å². The molecule has 4 heterocycles. The van der Waals surface area contributed by atoms with Crippen molar-refractivity contribution in [3.8, 4) is 0 Å². The summed E-state index contributed by atoms with van der Waals surface area (Å²) in [5, 5.41) is 4.15. The Bertz CT molecular complexity index is 869. The molecule has 0 aliphatic carbocycles. The number of nitrogens with one attached hydrogen (secondary N) is 1. The highest BCUT2D eigenvalue weighted by Gasteiger charge is 2.40. The molecule has 126 valence electrons. The molecule has 3 aromatic heterocycles. The van der Waals surface area contributed by atoms with Crippen molar-refractivity contribution in [3.05, 3.63) is 81.5 Å². The minimum absolute atomic E-state index is 0.0138. The summed E-state index contributed by atoms with van der Waals surface area (Å²) in [6.45, 7) is 0.684. The van der Waals surface area contributed by atoms with Crippen LogP contribution in [0.1, 0.15) is 28.2 Å².